The molecule has 0 unspecified atom stereocenters. The number of carbonyl (C=O) groups excluding carboxylic acids is 2. The van der Waals surface area contributed by atoms with Crippen molar-refractivity contribution in [3.05, 3.63) is 39.8 Å². The van der Waals surface area contributed by atoms with Gasteiger partial charge in [-0.25, -0.2) is 4.79 Å². The molecule has 0 spiro atoms. The van der Waals surface area contributed by atoms with E-state index in [1.54, 1.807) is 25.1 Å². The number of aryl methyl sites for hydroxylation is 1. The number of hydrogen-bond acceptors (Lipinski definition) is 7. The van der Waals surface area contributed by atoms with E-state index in [4.69, 9.17) is 19.5 Å². The van der Waals surface area contributed by atoms with E-state index in [2.05, 4.69) is 5.32 Å². The van der Waals surface area contributed by atoms with Crippen molar-refractivity contribution in [2.75, 3.05) is 25.6 Å². The fourth-order valence-electron chi connectivity index (χ4n) is 2.33. The van der Waals surface area contributed by atoms with Crippen LogP contribution in [0.25, 0.3) is 0 Å². The monoisotopic (exact) mass is 388 g/mol. The number of nitrogens with zero attached hydrogens (tertiary/aromatic N) is 1. The number of methoxy groups -OCH3 is 1. The molecule has 0 aliphatic heterocycles. The van der Waals surface area contributed by atoms with E-state index < -0.39 is 11.9 Å². The maximum Gasteiger partial charge on any atom is 0.341 e. The first-order valence-electron chi connectivity index (χ1n) is 8.19. The van der Waals surface area contributed by atoms with Gasteiger partial charge in [-0.3, -0.25) is 4.79 Å². The van der Waals surface area contributed by atoms with Crippen LogP contribution >= 0.6 is 11.3 Å². The summed E-state index contributed by atoms with van der Waals surface area (Å²) in [6.45, 7) is 5.60. The molecule has 1 N–H and O–H groups in total. The molecule has 0 aliphatic rings. The average molecular weight is 388 g/mol. The van der Waals surface area contributed by atoms with Gasteiger partial charge in [0.05, 0.1) is 30.9 Å². The molecule has 2 rings (SSSR count). The normalized spacial score (nSPS) is 10.0. The van der Waals surface area contributed by atoms with Crippen LogP contribution in [0, 0.1) is 25.2 Å². The van der Waals surface area contributed by atoms with Crippen LogP contribution in [0.5, 0.6) is 11.5 Å². The summed E-state index contributed by atoms with van der Waals surface area (Å²) in [6.07, 6.45) is 0. The number of nitriles is 1. The summed E-state index contributed by atoms with van der Waals surface area (Å²) >= 11 is 1.30. The van der Waals surface area contributed by atoms with Crippen molar-refractivity contribution < 1.29 is 23.8 Å². The first kappa shape index (κ1) is 20.3. The standard InChI is InChI=1S/C19H20N2O5S/c1-5-25-15-8-13(9-20)6-7-14(15)26-10-16(22)21-18-17(19(23)24-4)11(2)12(3)27-18/h6-8H,5,10H2,1-4H3,(H,21,22). The summed E-state index contributed by atoms with van der Waals surface area (Å²) in [6, 6.07) is 6.74. The minimum absolute atomic E-state index is 0.275. The molecule has 27 heavy (non-hydrogen) atoms. The molecule has 0 bridgehead atoms. The van der Waals surface area contributed by atoms with Gasteiger partial charge in [0.25, 0.3) is 5.91 Å². The Kier molecular flexibility index (Phi) is 6.79. The number of carbonyl (C=O) groups is 2. The lowest BCUT2D eigenvalue weighted by molar-refractivity contribution is -0.118. The van der Waals surface area contributed by atoms with Gasteiger partial charge in [-0.1, -0.05) is 0 Å². The van der Waals surface area contributed by atoms with Gasteiger partial charge in [-0.15, -0.1) is 11.3 Å². The Morgan fingerprint density at radius 1 is 1.22 bits per heavy atom. The number of benzene rings is 1. The van der Waals surface area contributed by atoms with Crippen molar-refractivity contribution in [1.29, 1.82) is 5.26 Å². The Labute approximate surface area is 161 Å². The van der Waals surface area contributed by atoms with Gasteiger partial charge < -0.3 is 19.5 Å². The second-order valence-electron chi connectivity index (χ2n) is 5.52. The number of hydrogen-bond donors (Lipinski definition) is 1. The zero-order valence-corrected chi connectivity index (χ0v) is 16.4. The van der Waals surface area contributed by atoms with E-state index in [1.807, 2.05) is 19.9 Å². The summed E-state index contributed by atoms with van der Waals surface area (Å²) < 4.78 is 15.8. The number of rotatable bonds is 7. The molecule has 0 fully saturated rings. The molecule has 8 heteroatoms. The molecular formula is C19H20N2O5S. The zero-order chi connectivity index (χ0) is 20.0. The SMILES string of the molecule is CCOc1cc(C#N)ccc1OCC(=O)Nc1sc(C)c(C)c1C(=O)OC. The molecular weight excluding hydrogens is 368 g/mol. The van der Waals surface area contributed by atoms with E-state index in [0.717, 1.165) is 10.4 Å². The fourth-order valence-corrected chi connectivity index (χ4v) is 3.40. The second-order valence-corrected chi connectivity index (χ2v) is 6.75. The van der Waals surface area contributed by atoms with Gasteiger partial charge in [0.1, 0.15) is 5.00 Å². The van der Waals surface area contributed by atoms with Crippen molar-refractivity contribution >= 4 is 28.2 Å². The molecule has 1 aromatic heterocycles. The van der Waals surface area contributed by atoms with E-state index in [0.29, 0.717) is 34.2 Å². The highest BCUT2D eigenvalue weighted by Gasteiger charge is 2.21. The Hall–Kier alpha value is -3.05. The van der Waals surface area contributed by atoms with Crippen molar-refractivity contribution in [2.24, 2.45) is 0 Å². The minimum Gasteiger partial charge on any atom is -0.490 e. The third kappa shape index (κ3) is 4.77. The predicted octanol–water partition coefficient (Wildman–Crippen LogP) is 3.44. The summed E-state index contributed by atoms with van der Waals surface area (Å²) in [4.78, 5) is 25.2. The molecule has 0 saturated heterocycles. The van der Waals surface area contributed by atoms with Gasteiger partial charge in [0, 0.05) is 10.9 Å². The van der Waals surface area contributed by atoms with Crippen LogP contribution in [0.1, 0.15) is 33.3 Å². The molecule has 7 nitrogen and oxygen atoms in total. The zero-order valence-electron chi connectivity index (χ0n) is 15.5. The minimum atomic E-state index is -0.501. The summed E-state index contributed by atoms with van der Waals surface area (Å²) in [5.74, 6) is -0.174. The van der Waals surface area contributed by atoms with Gasteiger partial charge in [-0.2, -0.15) is 5.26 Å². The summed E-state index contributed by atoms with van der Waals surface area (Å²) in [5.41, 5.74) is 1.55. The molecule has 0 radical (unpaired) electrons. The van der Waals surface area contributed by atoms with Crippen molar-refractivity contribution in [3.63, 3.8) is 0 Å². The number of esters is 1. The van der Waals surface area contributed by atoms with Crippen LogP contribution in [-0.4, -0.2) is 32.2 Å². The molecule has 0 atom stereocenters. The van der Waals surface area contributed by atoms with Gasteiger partial charge >= 0.3 is 5.97 Å². The molecule has 1 aromatic carbocycles. The number of anilines is 1. The van der Waals surface area contributed by atoms with E-state index in [1.165, 1.54) is 18.4 Å². The van der Waals surface area contributed by atoms with Crippen LogP contribution < -0.4 is 14.8 Å². The first-order chi connectivity index (χ1) is 12.9. The Balaban J connectivity index is 2.11. The van der Waals surface area contributed by atoms with E-state index in [-0.39, 0.29) is 6.61 Å². The molecule has 2 aromatic rings. The van der Waals surface area contributed by atoms with Gasteiger partial charge in [-0.05, 0) is 38.5 Å². The lowest BCUT2D eigenvalue weighted by Gasteiger charge is -2.12. The molecule has 0 saturated carbocycles. The molecule has 1 heterocycles. The van der Waals surface area contributed by atoms with Crippen LogP contribution in [0.2, 0.25) is 0 Å². The number of amides is 1. The lowest BCUT2D eigenvalue weighted by atomic mass is 10.1. The van der Waals surface area contributed by atoms with Gasteiger partial charge in [0.15, 0.2) is 18.1 Å². The third-order valence-corrected chi connectivity index (χ3v) is 4.88. The number of ether oxygens (including phenoxy) is 3. The van der Waals surface area contributed by atoms with Crippen LogP contribution in [0.4, 0.5) is 5.00 Å². The van der Waals surface area contributed by atoms with Crippen molar-refractivity contribution in [1.82, 2.24) is 0 Å². The average Bonchev–Trinajstić information content (AvgIpc) is 2.93. The van der Waals surface area contributed by atoms with Crippen molar-refractivity contribution in [3.8, 4) is 17.6 Å². The molecule has 142 valence electrons. The lowest BCUT2D eigenvalue weighted by Crippen LogP contribution is -2.21. The maximum atomic E-state index is 12.3. The predicted molar refractivity (Wildman–Crippen MR) is 102 cm³/mol. The van der Waals surface area contributed by atoms with Crippen molar-refractivity contribution in [2.45, 2.75) is 20.8 Å². The highest BCUT2D eigenvalue weighted by Crippen LogP contribution is 2.33. The maximum absolute atomic E-state index is 12.3. The van der Waals surface area contributed by atoms with Crippen LogP contribution in [0.15, 0.2) is 18.2 Å². The smallest absolute Gasteiger partial charge is 0.341 e. The molecule has 0 aliphatic carbocycles. The number of nitrogens with one attached hydrogen (secondary N) is 1. The Bertz CT molecular complexity index is 898. The number of thiophene rings is 1. The second kappa shape index (κ2) is 9.05. The van der Waals surface area contributed by atoms with E-state index >= 15 is 0 Å². The Morgan fingerprint density at radius 3 is 2.59 bits per heavy atom. The van der Waals surface area contributed by atoms with Crippen LogP contribution in [0.3, 0.4) is 0 Å². The first-order valence-corrected chi connectivity index (χ1v) is 9.00. The fraction of sp³-hybridized carbons (Fsp3) is 0.316. The topological polar surface area (TPSA) is 97.6 Å². The van der Waals surface area contributed by atoms with Gasteiger partial charge in [0.2, 0.25) is 0 Å². The summed E-state index contributed by atoms with van der Waals surface area (Å²) in [7, 11) is 1.30. The largest absolute Gasteiger partial charge is 0.490 e. The highest BCUT2D eigenvalue weighted by atomic mass is 32.1. The Morgan fingerprint density at radius 2 is 1.96 bits per heavy atom. The quantitative estimate of drug-likeness (QED) is 0.730. The van der Waals surface area contributed by atoms with Crippen LogP contribution in [-0.2, 0) is 9.53 Å². The summed E-state index contributed by atoms with van der Waals surface area (Å²) in [5, 5.41) is 12.1. The highest BCUT2D eigenvalue weighted by molar-refractivity contribution is 7.16. The van der Waals surface area contributed by atoms with E-state index in [9.17, 15) is 9.59 Å². The molecule has 1 amide bonds. The third-order valence-electron chi connectivity index (χ3n) is 3.76.